The highest BCUT2D eigenvalue weighted by Gasteiger charge is 2.16. The summed E-state index contributed by atoms with van der Waals surface area (Å²) < 4.78 is 5.35. The molecule has 2 rings (SSSR count). The summed E-state index contributed by atoms with van der Waals surface area (Å²) in [4.78, 5) is 10.3. The normalized spacial score (nSPS) is 16.0. The van der Waals surface area contributed by atoms with Crippen molar-refractivity contribution < 1.29 is 14.6 Å². The molecule has 17 heavy (non-hydrogen) atoms. The number of carbonyl (C=O) groups is 1. The fourth-order valence-corrected chi connectivity index (χ4v) is 2.35. The first-order valence-electron chi connectivity index (χ1n) is 6.20. The summed E-state index contributed by atoms with van der Waals surface area (Å²) in [5.41, 5.74) is 1.38. The van der Waals surface area contributed by atoms with Crippen LogP contribution in [0.25, 0.3) is 0 Å². The van der Waals surface area contributed by atoms with E-state index in [1.165, 1.54) is 31.2 Å². The molecule has 1 aliphatic rings. The third-order valence-corrected chi connectivity index (χ3v) is 3.29. The van der Waals surface area contributed by atoms with E-state index in [-0.39, 0.29) is 13.0 Å². The Labute approximate surface area is 101 Å². The molecule has 0 spiro atoms. The summed E-state index contributed by atoms with van der Waals surface area (Å²) in [5, 5.41) is 8.50. The van der Waals surface area contributed by atoms with Gasteiger partial charge in [-0.15, -0.1) is 0 Å². The van der Waals surface area contributed by atoms with Crippen LogP contribution in [0, 0.1) is 0 Å². The zero-order valence-corrected chi connectivity index (χ0v) is 9.89. The van der Waals surface area contributed by atoms with E-state index in [1.807, 2.05) is 12.1 Å². The summed E-state index contributed by atoms with van der Waals surface area (Å²) in [6, 6.07) is 8.09. The first-order valence-corrected chi connectivity index (χ1v) is 6.20. The van der Waals surface area contributed by atoms with Gasteiger partial charge < -0.3 is 9.84 Å². The van der Waals surface area contributed by atoms with Crippen LogP contribution < -0.4 is 4.74 Å². The van der Waals surface area contributed by atoms with Crippen LogP contribution in [-0.2, 0) is 4.79 Å². The molecule has 0 amide bonds. The Bertz CT molecular complexity index is 364. The molecule has 0 saturated heterocycles. The van der Waals surface area contributed by atoms with Gasteiger partial charge in [-0.05, 0) is 36.5 Å². The topological polar surface area (TPSA) is 46.5 Å². The number of benzene rings is 1. The van der Waals surface area contributed by atoms with E-state index in [2.05, 4.69) is 12.1 Å². The first-order chi connectivity index (χ1) is 8.25. The number of carboxylic acids is 1. The van der Waals surface area contributed by atoms with Gasteiger partial charge in [0.15, 0.2) is 0 Å². The highest BCUT2D eigenvalue weighted by atomic mass is 16.5. The minimum atomic E-state index is -0.826. The predicted octanol–water partition coefficient (Wildman–Crippen LogP) is 3.20. The van der Waals surface area contributed by atoms with Crippen molar-refractivity contribution in [1.29, 1.82) is 0 Å². The van der Waals surface area contributed by atoms with E-state index >= 15 is 0 Å². The van der Waals surface area contributed by atoms with Gasteiger partial charge in [-0.25, -0.2) is 0 Å². The van der Waals surface area contributed by atoms with Crippen molar-refractivity contribution in [2.75, 3.05) is 6.61 Å². The lowest BCUT2D eigenvalue weighted by Crippen LogP contribution is -2.04. The molecule has 0 aromatic heterocycles. The van der Waals surface area contributed by atoms with Crippen molar-refractivity contribution in [2.24, 2.45) is 0 Å². The van der Waals surface area contributed by atoms with Gasteiger partial charge in [0, 0.05) is 0 Å². The lowest BCUT2D eigenvalue weighted by molar-refractivity contribution is -0.137. The Hall–Kier alpha value is -1.51. The van der Waals surface area contributed by atoms with Crippen molar-refractivity contribution in [1.82, 2.24) is 0 Å². The molecule has 0 radical (unpaired) electrons. The molecule has 92 valence electrons. The molecule has 1 fully saturated rings. The summed E-state index contributed by atoms with van der Waals surface area (Å²) in [6.45, 7) is 0.234. The maximum Gasteiger partial charge on any atom is 0.306 e. The van der Waals surface area contributed by atoms with Gasteiger partial charge in [0.25, 0.3) is 0 Å². The van der Waals surface area contributed by atoms with Crippen LogP contribution in [0.3, 0.4) is 0 Å². The van der Waals surface area contributed by atoms with Gasteiger partial charge >= 0.3 is 5.97 Å². The summed E-state index contributed by atoms with van der Waals surface area (Å²) in [7, 11) is 0. The molecular weight excluding hydrogens is 216 g/mol. The molecule has 1 aliphatic carbocycles. The van der Waals surface area contributed by atoms with E-state index in [0.29, 0.717) is 5.92 Å². The van der Waals surface area contributed by atoms with Crippen molar-refractivity contribution in [2.45, 2.75) is 38.0 Å². The maximum absolute atomic E-state index is 10.3. The highest BCUT2D eigenvalue weighted by Crippen LogP contribution is 2.34. The number of aliphatic carboxylic acids is 1. The summed E-state index contributed by atoms with van der Waals surface area (Å²) in [6.07, 6.45) is 5.30. The Morgan fingerprint density at radius 1 is 1.24 bits per heavy atom. The van der Waals surface area contributed by atoms with Gasteiger partial charge in [0.1, 0.15) is 5.75 Å². The Morgan fingerprint density at radius 2 is 1.88 bits per heavy atom. The quantitative estimate of drug-likeness (QED) is 0.851. The van der Waals surface area contributed by atoms with Crippen molar-refractivity contribution in [3.63, 3.8) is 0 Å². The van der Waals surface area contributed by atoms with Gasteiger partial charge in [-0.2, -0.15) is 0 Å². The zero-order chi connectivity index (χ0) is 12.1. The second-order valence-corrected chi connectivity index (χ2v) is 4.54. The van der Waals surface area contributed by atoms with Crippen LogP contribution in [0.15, 0.2) is 24.3 Å². The van der Waals surface area contributed by atoms with Gasteiger partial charge in [-0.1, -0.05) is 25.0 Å². The average molecular weight is 234 g/mol. The fourth-order valence-electron chi connectivity index (χ4n) is 2.35. The maximum atomic E-state index is 10.3. The third-order valence-electron chi connectivity index (χ3n) is 3.29. The summed E-state index contributed by atoms with van der Waals surface area (Å²) >= 11 is 0. The number of hydrogen-bond donors (Lipinski definition) is 1. The largest absolute Gasteiger partial charge is 0.493 e. The molecule has 1 saturated carbocycles. The predicted molar refractivity (Wildman–Crippen MR) is 65.4 cm³/mol. The number of carboxylic acid groups (broad SMARTS) is 1. The fraction of sp³-hybridized carbons (Fsp3) is 0.500. The van der Waals surface area contributed by atoms with Crippen LogP contribution in [-0.4, -0.2) is 17.7 Å². The van der Waals surface area contributed by atoms with Gasteiger partial charge in [-0.3, -0.25) is 4.79 Å². The molecule has 1 aromatic carbocycles. The van der Waals surface area contributed by atoms with E-state index in [1.54, 1.807) is 0 Å². The second kappa shape index (κ2) is 5.71. The van der Waals surface area contributed by atoms with Crippen LogP contribution in [0.2, 0.25) is 0 Å². The van der Waals surface area contributed by atoms with Gasteiger partial charge in [0.2, 0.25) is 0 Å². The van der Waals surface area contributed by atoms with E-state index < -0.39 is 5.97 Å². The smallest absolute Gasteiger partial charge is 0.306 e. The van der Waals surface area contributed by atoms with E-state index in [9.17, 15) is 4.79 Å². The van der Waals surface area contributed by atoms with Crippen LogP contribution in [0.5, 0.6) is 5.75 Å². The van der Waals surface area contributed by atoms with Crippen LogP contribution in [0.4, 0.5) is 0 Å². The minimum absolute atomic E-state index is 0.0460. The summed E-state index contributed by atoms with van der Waals surface area (Å²) in [5.74, 6) is 0.642. The Morgan fingerprint density at radius 3 is 2.47 bits per heavy atom. The third kappa shape index (κ3) is 3.48. The first kappa shape index (κ1) is 12.0. The molecule has 1 N–H and O–H groups in total. The molecular formula is C14H18O3. The molecule has 0 bridgehead atoms. The molecule has 0 unspecified atom stereocenters. The Kier molecular flexibility index (Phi) is 4.02. The standard InChI is InChI=1S/C14H18O3/c15-14(16)9-10-17-13-7-5-12(6-8-13)11-3-1-2-4-11/h5-8,11H,1-4,9-10H2,(H,15,16). The van der Waals surface area contributed by atoms with E-state index in [0.717, 1.165) is 5.75 Å². The van der Waals surface area contributed by atoms with E-state index in [4.69, 9.17) is 9.84 Å². The average Bonchev–Trinajstić information content (AvgIpc) is 2.83. The zero-order valence-electron chi connectivity index (χ0n) is 9.89. The number of ether oxygens (including phenoxy) is 1. The molecule has 1 aromatic rings. The molecule has 3 heteroatoms. The van der Waals surface area contributed by atoms with Crippen molar-refractivity contribution >= 4 is 5.97 Å². The number of rotatable bonds is 5. The minimum Gasteiger partial charge on any atom is -0.493 e. The van der Waals surface area contributed by atoms with Crippen molar-refractivity contribution in [3.05, 3.63) is 29.8 Å². The van der Waals surface area contributed by atoms with Gasteiger partial charge in [0.05, 0.1) is 13.0 Å². The van der Waals surface area contributed by atoms with Crippen LogP contribution in [0.1, 0.15) is 43.6 Å². The molecule has 3 nitrogen and oxygen atoms in total. The lowest BCUT2D eigenvalue weighted by Gasteiger charge is -2.10. The molecule has 0 aliphatic heterocycles. The molecule has 0 atom stereocenters. The SMILES string of the molecule is O=C(O)CCOc1ccc(C2CCCC2)cc1. The number of hydrogen-bond acceptors (Lipinski definition) is 2. The lowest BCUT2D eigenvalue weighted by atomic mass is 9.98. The highest BCUT2D eigenvalue weighted by molar-refractivity contribution is 5.66. The molecule has 0 heterocycles. The van der Waals surface area contributed by atoms with Crippen molar-refractivity contribution in [3.8, 4) is 5.75 Å². The Balaban J connectivity index is 1.86. The monoisotopic (exact) mass is 234 g/mol. The van der Waals surface area contributed by atoms with Crippen LogP contribution >= 0.6 is 0 Å². The second-order valence-electron chi connectivity index (χ2n) is 4.54.